The highest BCUT2D eigenvalue weighted by Crippen LogP contribution is 2.23. The van der Waals surface area contributed by atoms with Crippen molar-refractivity contribution in [3.8, 4) is 5.75 Å². The van der Waals surface area contributed by atoms with Crippen LogP contribution in [0.2, 0.25) is 0 Å². The molecule has 1 aliphatic carbocycles. The van der Waals surface area contributed by atoms with Gasteiger partial charge in [0.2, 0.25) is 0 Å². The molecule has 7 nitrogen and oxygen atoms in total. The molecular weight excluding hydrogens is 372 g/mol. The summed E-state index contributed by atoms with van der Waals surface area (Å²) in [6.45, 7) is 5.83. The van der Waals surface area contributed by atoms with E-state index in [1.54, 1.807) is 24.3 Å². The zero-order valence-corrected chi connectivity index (χ0v) is 17.2. The molecule has 156 valence electrons. The number of benzene rings is 1. The van der Waals surface area contributed by atoms with E-state index in [0.29, 0.717) is 29.6 Å². The third-order valence-corrected chi connectivity index (χ3v) is 5.43. The molecule has 1 heterocycles. The number of aromatic nitrogens is 1. The second-order valence-electron chi connectivity index (χ2n) is 7.63. The molecule has 3 rings (SSSR count). The number of carbonyl (C=O) groups is 2. The zero-order chi connectivity index (χ0) is 20.8. The molecule has 7 heteroatoms. The van der Waals surface area contributed by atoms with Gasteiger partial charge in [0.1, 0.15) is 18.1 Å². The lowest BCUT2D eigenvalue weighted by atomic mass is 9.86. The third kappa shape index (κ3) is 5.59. The lowest BCUT2D eigenvalue weighted by molar-refractivity contribution is -0.125. The molecule has 1 aromatic heterocycles. The molecule has 0 spiro atoms. The number of nitrogens with zero attached hydrogens (tertiary/aromatic N) is 1. The van der Waals surface area contributed by atoms with Crippen LogP contribution in [-0.2, 0) is 16.1 Å². The summed E-state index contributed by atoms with van der Waals surface area (Å²) in [5.74, 6) is 0.869. The van der Waals surface area contributed by atoms with E-state index in [0.717, 1.165) is 30.5 Å². The highest BCUT2D eigenvalue weighted by molar-refractivity contribution is 5.91. The fraction of sp³-hybridized carbons (Fsp3) is 0.500. The first-order chi connectivity index (χ1) is 13.9. The Kier molecular flexibility index (Phi) is 6.90. The number of hydrogen-bond donors (Lipinski definition) is 1. The van der Waals surface area contributed by atoms with Crippen LogP contribution in [0.4, 0.5) is 0 Å². The summed E-state index contributed by atoms with van der Waals surface area (Å²) >= 11 is 0. The van der Waals surface area contributed by atoms with E-state index in [4.69, 9.17) is 14.0 Å². The van der Waals surface area contributed by atoms with Gasteiger partial charge in [-0.25, -0.2) is 4.79 Å². The van der Waals surface area contributed by atoms with Crippen molar-refractivity contribution in [2.75, 3.05) is 6.61 Å². The second kappa shape index (κ2) is 9.58. The van der Waals surface area contributed by atoms with Crippen molar-refractivity contribution in [1.82, 2.24) is 10.5 Å². The van der Waals surface area contributed by atoms with Crippen LogP contribution < -0.4 is 10.1 Å². The smallest absolute Gasteiger partial charge is 0.338 e. The van der Waals surface area contributed by atoms with Gasteiger partial charge >= 0.3 is 5.97 Å². The Bertz CT molecular complexity index is 841. The topological polar surface area (TPSA) is 90.7 Å². The Hall–Kier alpha value is -2.83. The summed E-state index contributed by atoms with van der Waals surface area (Å²) in [5.41, 5.74) is 1.99. The van der Waals surface area contributed by atoms with Crippen molar-refractivity contribution in [3.63, 3.8) is 0 Å². The molecule has 1 aromatic carbocycles. The minimum absolute atomic E-state index is 0.163. The predicted octanol–water partition coefficient (Wildman–Crippen LogP) is 3.72. The highest BCUT2D eigenvalue weighted by atomic mass is 16.5. The molecule has 0 radical (unpaired) electrons. The monoisotopic (exact) mass is 400 g/mol. The normalized spacial score (nSPS) is 18.9. The molecule has 0 unspecified atom stereocenters. The zero-order valence-electron chi connectivity index (χ0n) is 17.2. The van der Waals surface area contributed by atoms with Gasteiger partial charge in [0.15, 0.2) is 6.61 Å². The van der Waals surface area contributed by atoms with E-state index in [-0.39, 0.29) is 18.6 Å². The van der Waals surface area contributed by atoms with Gasteiger partial charge in [-0.05, 0) is 50.8 Å². The van der Waals surface area contributed by atoms with Crippen molar-refractivity contribution in [2.45, 2.75) is 59.1 Å². The largest absolute Gasteiger partial charge is 0.489 e. The Morgan fingerprint density at radius 1 is 1.24 bits per heavy atom. The first-order valence-electron chi connectivity index (χ1n) is 10.0. The van der Waals surface area contributed by atoms with Gasteiger partial charge in [-0.15, -0.1) is 0 Å². The molecule has 0 aliphatic heterocycles. The van der Waals surface area contributed by atoms with Crippen LogP contribution in [0.1, 0.15) is 60.0 Å². The molecule has 0 saturated heterocycles. The summed E-state index contributed by atoms with van der Waals surface area (Å²) in [4.78, 5) is 24.4. The number of esters is 1. The minimum atomic E-state index is -0.556. The van der Waals surface area contributed by atoms with Gasteiger partial charge in [-0.3, -0.25) is 4.79 Å². The van der Waals surface area contributed by atoms with Gasteiger partial charge in [0.05, 0.1) is 16.8 Å². The summed E-state index contributed by atoms with van der Waals surface area (Å²) in [7, 11) is 0. The van der Waals surface area contributed by atoms with Crippen LogP contribution in [-0.4, -0.2) is 29.7 Å². The predicted molar refractivity (Wildman–Crippen MR) is 107 cm³/mol. The Morgan fingerprint density at radius 3 is 2.76 bits per heavy atom. The van der Waals surface area contributed by atoms with Gasteiger partial charge in [0.25, 0.3) is 5.91 Å². The van der Waals surface area contributed by atoms with E-state index in [1.807, 2.05) is 13.8 Å². The van der Waals surface area contributed by atoms with Crippen molar-refractivity contribution in [1.29, 1.82) is 0 Å². The van der Waals surface area contributed by atoms with Crippen molar-refractivity contribution in [3.05, 3.63) is 46.8 Å². The van der Waals surface area contributed by atoms with E-state index in [2.05, 4.69) is 17.4 Å². The number of ether oxygens (including phenoxy) is 2. The average molecular weight is 400 g/mol. The van der Waals surface area contributed by atoms with Crippen molar-refractivity contribution in [2.24, 2.45) is 5.92 Å². The minimum Gasteiger partial charge on any atom is -0.489 e. The summed E-state index contributed by atoms with van der Waals surface area (Å²) in [5, 5.41) is 6.87. The molecule has 1 fully saturated rings. The molecule has 2 aromatic rings. The molecule has 1 amide bonds. The van der Waals surface area contributed by atoms with Crippen LogP contribution >= 0.6 is 0 Å². The number of rotatable bonds is 7. The summed E-state index contributed by atoms with van der Waals surface area (Å²) in [6, 6.07) is 6.86. The number of aryl methyl sites for hydroxylation is 2. The fourth-order valence-electron chi connectivity index (χ4n) is 3.57. The Morgan fingerprint density at radius 2 is 2.03 bits per heavy atom. The van der Waals surface area contributed by atoms with E-state index < -0.39 is 5.97 Å². The molecular formula is C22H28N2O5. The van der Waals surface area contributed by atoms with Crippen LogP contribution in [0, 0.1) is 19.8 Å². The average Bonchev–Trinajstić information content (AvgIpc) is 3.04. The van der Waals surface area contributed by atoms with Gasteiger partial charge < -0.3 is 19.3 Å². The molecule has 29 heavy (non-hydrogen) atoms. The molecule has 1 saturated carbocycles. The van der Waals surface area contributed by atoms with Crippen molar-refractivity contribution >= 4 is 11.9 Å². The SMILES string of the molecule is Cc1noc(C)c1COc1cccc(C(=O)OCC(=O)N[C@@H]2CCCC[C@H]2C)c1. The Balaban J connectivity index is 1.50. The van der Waals surface area contributed by atoms with Crippen LogP contribution in [0.25, 0.3) is 0 Å². The van der Waals surface area contributed by atoms with E-state index >= 15 is 0 Å². The maximum atomic E-state index is 12.3. The van der Waals surface area contributed by atoms with Crippen LogP contribution in [0.15, 0.2) is 28.8 Å². The lowest BCUT2D eigenvalue weighted by Crippen LogP contribution is -2.42. The first kappa shape index (κ1) is 20.9. The summed E-state index contributed by atoms with van der Waals surface area (Å²) < 4.78 is 16.1. The third-order valence-electron chi connectivity index (χ3n) is 5.43. The molecule has 1 N–H and O–H groups in total. The lowest BCUT2D eigenvalue weighted by Gasteiger charge is -2.29. The Labute approximate surface area is 170 Å². The molecule has 0 bridgehead atoms. The standard InChI is InChI=1S/C22H28N2O5/c1-14-7-4-5-10-20(14)23-21(25)13-28-22(26)17-8-6-9-18(11-17)27-12-19-15(2)24-29-16(19)3/h6,8-9,11,14,20H,4-5,7,10,12-13H2,1-3H3,(H,23,25)/t14-,20-/m1/s1. The van der Waals surface area contributed by atoms with Gasteiger partial charge in [0, 0.05) is 6.04 Å². The number of carbonyl (C=O) groups excluding carboxylic acids is 2. The van der Waals surface area contributed by atoms with Crippen LogP contribution in [0.3, 0.4) is 0 Å². The first-order valence-corrected chi connectivity index (χ1v) is 10.0. The second-order valence-corrected chi connectivity index (χ2v) is 7.63. The van der Waals surface area contributed by atoms with Gasteiger partial charge in [-0.2, -0.15) is 0 Å². The fourth-order valence-corrected chi connectivity index (χ4v) is 3.57. The number of amides is 1. The maximum absolute atomic E-state index is 12.3. The summed E-state index contributed by atoms with van der Waals surface area (Å²) in [6.07, 6.45) is 4.42. The molecule has 2 atom stereocenters. The molecule has 1 aliphatic rings. The van der Waals surface area contributed by atoms with E-state index in [1.165, 1.54) is 6.42 Å². The highest BCUT2D eigenvalue weighted by Gasteiger charge is 2.23. The maximum Gasteiger partial charge on any atom is 0.338 e. The van der Waals surface area contributed by atoms with E-state index in [9.17, 15) is 9.59 Å². The number of nitrogens with one attached hydrogen (secondary N) is 1. The van der Waals surface area contributed by atoms with Gasteiger partial charge in [-0.1, -0.05) is 31.0 Å². The number of hydrogen-bond acceptors (Lipinski definition) is 6. The van der Waals surface area contributed by atoms with Crippen LogP contribution in [0.5, 0.6) is 5.75 Å². The van der Waals surface area contributed by atoms with Crippen molar-refractivity contribution < 1.29 is 23.6 Å². The quantitative estimate of drug-likeness (QED) is 0.713.